The van der Waals surface area contributed by atoms with E-state index in [0.717, 1.165) is 63.4 Å². The Balaban J connectivity index is 0.000000307. The number of amides is 1. The second kappa shape index (κ2) is 9.92. The third-order valence-corrected chi connectivity index (χ3v) is 6.14. The van der Waals surface area contributed by atoms with Crippen LogP contribution in [0.15, 0.2) is 30.5 Å². The monoisotopic (exact) mass is 453 g/mol. The van der Waals surface area contributed by atoms with Crippen molar-refractivity contribution in [2.45, 2.75) is 26.2 Å². The van der Waals surface area contributed by atoms with E-state index in [2.05, 4.69) is 15.1 Å². The predicted octanol–water partition coefficient (Wildman–Crippen LogP) is 3.32. The average molecular weight is 454 g/mol. The number of fused-ring (bicyclic) bond motifs is 2. The molecule has 1 aliphatic rings. The number of carbonyl (C=O) groups excluding carboxylic acids is 1. The number of anilines is 2. The van der Waals surface area contributed by atoms with Crippen LogP contribution in [0.2, 0.25) is 0 Å². The largest absolute Gasteiger partial charge is 0.391 e. The number of rotatable bonds is 5. The number of H-pyrrole nitrogens is 1. The number of nitrogens with one attached hydrogen (secondary N) is 1. The molecule has 1 saturated heterocycles. The molecular formula is C22H27N7O2S. The quantitative estimate of drug-likeness (QED) is 0.422. The zero-order valence-corrected chi connectivity index (χ0v) is 18.8. The Morgan fingerprint density at radius 2 is 2.09 bits per heavy atom. The van der Waals surface area contributed by atoms with Gasteiger partial charge in [0, 0.05) is 30.5 Å². The lowest BCUT2D eigenvalue weighted by molar-refractivity contribution is -0.118. The van der Waals surface area contributed by atoms with Crippen LogP contribution in [0.1, 0.15) is 26.2 Å². The highest BCUT2D eigenvalue weighted by Crippen LogP contribution is 2.36. The third kappa shape index (κ3) is 4.81. The smallest absolute Gasteiger partial charge is 0.217 e. The van der Waals surface area contributed by atoms with Gasteiger partial charge in [0.05, 0.1) is 40.1 Å². The highest BCUT2D eigenvalue weighted by molar-refractivity contribution is 7.23. The number of aromatic nitrogens is 4. The number of primary amides is 1. The van der Waals surface area contributed by atoms with E-state index in [0.29, 0.717) is 25.5 Å². The molecule has 1 aromatic carbocycles. The highest BCUT2D eigenvalue weighted by atomic mass is 32.1. The van der Waals surface area contributed by atoms with Gasteiger partial charge in [0.25, 0.3) is 0 Å². The minimum absolute atomic E-state index is 0.193. The minimum atomic E-state index is -0.193. The summed E-state index contributed by atoms with van der Waals surface area (Å²) in [7, 11) is 0. The van der Waals surface area contributed by atoms with Gasteiger partial charge in [-0.1, -0.05) is 25.5 Å². The van der Waals surface area contributed by atoms with Crippen LogP contribution < -0.4 is 16.4 Å². The summed E-state index contributed by atoms with van der Waals surface area (Å²) >= 11 is 1.53. The molecule has 0 bridgehead atoms. The first-order valence-corrected chi connectivity index (χ1v) is 11.5. The number of nitrogen functional groups attached to an aromatic ring is 1. The van der Waals surface area contributed by atoms with Gasteiger partial charge in [-0.2, -0.15) is 5.10 Å². The number of morpholine rings is 1. The topological polar surface area (TPSA) is 136 Å². The molecule has 10 heteroatoms. The summed E-state index contributed by atoms with van der Waals surface area (Å²) in [4.78, 5) is 21.9. The molecule has 4 heterocycles. The fourth-order valence-electron chi connectivity index (χ4n) is 3.56. The first kappa shape index (κ1) is 22.0. The molecule has 0 radical (unpaired) electrons. The summed E-state index contributed by atoms with van der Waals surface area (Å²) in [5.74, 6) is 1.44. The molecule has 1 fully saturated rings. The van der Waals surface area contributed by atoms with Crippen molar-refractivity contribution in [1.29, 1.82) is 0 Å². The van der Waals surface area contributed by atoms with Crippen LogP contribution in [-0.2, 0) is 9.53 Å². The van der Waals surface area contributed by atoms with E-state index in [4.69, 9.17) is 26.2 Å². The summed E-state index contributed by atoms with van der Waals surface area (Å²) in [6.45, 7) is 5.08. The van der Waals surface area contributed by atoms with Gasteiger partial charge in [-0.15, -0.1) is 11.3 Å². The second-order valence-corrected chi connectivity index (χ2v) is 8.62. The molecule has 5 N–H and O–H groups in total. The zero-order chi connectivity index (χ0) is 22.5. The summed E-state index contributed by atoms with van der Waals surface area (Å²) in [5, 5.41) is 8.90. The number of carbonyl (C=O) groups is 1. The van der Waals surface area contributed by atoms with E-state index in [1.807, 2.05) is 37.4 Å². The van der Waals surface area contributed by atoms with Crippen LogP contribution >= 0.6 is 11.3 Å². The molecule has 0 aliphatic carbocycles. The normalized spacial score (nSPS) is 13.8. The molecule has 0 spiro atoms. The number of thiophene rings is 1. The SMILES string of the molecule is CCCCC(N)=O.Nc1cc2nc(-c3cccc4[nH]ncc34)nc(N3CCOCC3)c2s1. The first-order chi connectivity index (χ1) is 15.6. The van der Waals surface area contributed by atoms with E-state index in [1.165, 1.54) is 11.3 Å². The summed E-state index contributed by atoms with van der Waals surface area (Å²) in [6.07, 6.45) is 4.32. The predicted molar refractivity (Wildman–Crippen MR) is 129 cm³/mol. The number of aromatic amines is 1. The lowest BCUT2D eigenvalue weighted by Gasteiger charge is -2.28. The Bertz CT molecular complexity index is 1210. The number of unbranched alkanes of at least 4 members (excludes halogenated alkanes) is 1. The Kier molecular flexibility index (Phi) is 6.81. The maximum atomic E-state index is 9.98. The van der Waals surface area contributed by atoms with Crippen molar-refractivity contribution in [1.82, 2.24) is 20.2 Å². The van der Waals surface area contributed by atoms with Gasteiger partial charge in [-0.05, 0) is 18.6 Å². The van der Waals surface area contributed by atoms with Gasteiger partial charge < -0.3 is 21.1 Å². The van der Waals surface area contributed by atoms with Gasteiger partial charge in [-0.25, -0.2) is 9.97 Å². The van der Waals surface area contributed by atoms with Crippen molar-refractivity contribution in [3.63, 3.8) is 0 Å². The van der Waals surface area contributed by atoms with Crippen LogP contribution in [0.25, 0.3) is 32.5 Å². The Labute approximate surface area is 189 Å². The lowest BCUT2D eigenvalue weighted by Crippen LogP contribution is -2.36. The molecule has 3 aromatic heterocycles. The standard InChI is InChI=1S/C17H16N6OS.C5H11NO/c18-14-8-13-15(25-14)17(23-4-6-24-7-5-23)21-16(20-13)10-2-1-3-12-11(10)9-19-22-12;1-2-3-4-5(6)7/h1-3,8-9H,4-7,18H2,(H,19,22);2-4H2,1H3,(H2,6,7). The van der Waals surface area contributed by atoms with Crippen molar-refractivity contribution in [2.24, 2.45) is 5.73 Å². The van der Waals surface area contributed by atoms with Crippen LogP contribution in [0, 0.1) is 0 Å². The van der Waals surface area contributed by atoms with Crippen LogP contribution in [0.3, 0.4) is 0 Å². The van der Waals surface area contributed by atoms with E-state index in [-0.39, 0.29) is 5.91 Å². The van der Waals surface area contributed by atoms with Crippen molar-refractivity contribution < 1.29 is 9.53 Å². The minimum Gasteiger partial charge on any atom is -0.391 e. The molecule has 0 unspecified atom stereocenters. The van der Waals surface area contributed by atoms with Gasteiger partial charge in [0.15, 0.2) is 11.6 Å². The molecule has 4 aromatic rings. The van der Waals surface area contributed by atoms with Crippen LogP contribution in [0.5, 0.6) is 0 Å². The first-order valence-electron chi connectivity index (χ1n) is 10.7. The van der Waals surface area contributed by atoms with Gasteiger partial charge >= 0.3 is 0 Å². The Morgan fingerprint density at radius 3 is 2.81 bits per heavy atom. The molecule has 1 amide bonds. The molecule has 0 atom stereocenters. The summed E-state index contributed by atoms with van der Waals surface area (Å²) < 4.78 is 6.51. The maximum absolute atomic E-state index is 9.98. The van der Waals surface area contributed by atoms with Crippen molar-refractivity contribution >= 4 is 49.2 Å². The zero-order valence-electron chi connectivity index (χ0n) is 18.0. The molecule has 32 heavy (non-hydrogen) atoms. The Hall–Kier alpha value is -3.24. The Morgan fingerprint density at radius 1 is 1.28 bits per heavy atom. The number of nitrogens with zero attached hydrogens (tertiary/aromatic N) is 4. The molecule has 5 rings (SSSR count). The van der Waals surface area contributed by atoms with E-state index >= 15 is 0 Å². The molecule has 168 valence electrons. The van der Waals surface area contributed by atoms with Gasteiger partial charge in [0.1, 0.15) is 0 Å². The average Bonchev–Trinajstić information content (AvgIpc) is 3.43. The van der Waals surface area contributed by atoms with Crippen molar-refractivity contribution in [3.8, 4) is 11.4 Å². The number of benzene rings is 1. The van der Waals surface area contributed by atoms with E-state index in [9.17, 15) is 4.79 Å². The summed E-state index contributed by atoms with van der Waals surface area (Å²) in [6, 6.07) is 7.93. The van der Waals surface area contributed by atoms with E-state index < -0.39 is 0 Å². The van der Waals surface area contributed by atoms with Crippen molar-refractivity contribution in [2.75, 3.05) is 36.9 Å². The molecule has 1 aliphatic heterocycles. The van der Waals surface area contributed by atoms with E-state index in [1.54, 1.807) is 0 Å². The molecule has 9 nitrogen and oxygen atoms in total. The number of nitrogens with two attached hydrogens (primary N) is 2. The van der Waals surface area contributed by atoms with Crippen LogP contribution in [-0.4, -0.2) is 52.4 Å². The second-order valence-electron chi connectivity index (χ2n) is 7.54. The fourth-order valence-corrected chi connectivity index (χ4v) is 4.44. The number of hydrogen-bond donors (Lipinski definition) is 3. The maximum Gasteiger partial charge on any atom is 0.217 e. The van der Waals surface area contributed by atoms with Gasteiger partial charge in [0.2, 0.25) is 5.91 Å². The summed E-state index contributed by atoms with van der Waals surface area (Å²) in [5.41, 5.74) is 13.7. The molecule has 0 saturated carbocycles. The molecular weight excluding hydrogens is 426 g/mol. The highest BCUT2D eigenvalue weighted by Gasteiger charge is 2.20. The lowest BCUT2D eigenvalue weighted by atomic mass is 10.1. The number of hydrogen-bond acceptors (Lipinski definition) is 8. The third-order valence-electron chi connectivity index (χ3n) is 5.19. The van der Waals surface area contributed by atoms with Gasteiger partial charge in [-0.3, -0.25) is 9.89 Å². The van der Waals surface area contributed by atoms with Crippen LogP contribution in [0.4, 0.5) is 10.8 Å². The van der Waals surface area contributed by atoms with Crippen molar-refractivity contribution in [3.05, 3.63) is 30.5 Å². The fraction of sp³-hybridized carbons (Fsp3) is 0.364. The number of ether oxygens (including phenoxy) is 1.